The molecule has 0 saturated carbocycles. The van der Waals surface area contributed by atoms with Crippen LogP contribution in [0.5, 0.6) is 11.5 Å². The van der Waals surface area contributed by atoms with E-state index in [4.69, 9.17) is 13.9 Å². The predicted octanol–water partition coefficient (Wildman–Crippen LogP) is 2.50. The van der Waals surface area contributed by atoms with E-state index in [2.05, 4.69) is 0 Å². The largest absolute Gasteiger partial charge is 0.493 e. The molecular formula is C18H25FN2O5S. The molecule has 0 N–H and O–H groups in total. The second-order valence-corrected chi connectivity index (χ2v) is 8.20. The SMILES string of the molecule is COc1cc(F)c(S(=O)(=O)N(CCN(C)C)Cc2ccc(C)o2)cc1OC. The van der Waals surface area contributed by atoms with E-state index in [-0.39, 0.29) is 24.6 Å². The molecular weight excluding hydrogens is 375 g/mol. The fourth-order valence-corrected chi connectivity index (χ4v) is 3.97. The maximum Gasteiger partial charge on any atom is 0.246 e. The number of rotatable bonds is 9. The Labute approximate surface area is 159 Å². The first-order valence-electron chi connectivity index (χ1n) is 8.30. The lowest BCUT2D eigenvalue weighted by Crippen LogP contribution is -2.36. The van der Waals surface area contributed by atoms with Gasteiger partial charge < -0.3 is 18.8 Å². The molecule has 150 valence electrons. The van der Waals surface area contributed by atoms with Gasteiger partial charge in [0.05, 0.1) is 20.8 Å². The van der Waals surface area contributed by atoms with Crippen LogP contribution < -0.4 is 9.47 Å². The lowest BCUT2D eigenvalue weighted by atomic mass is 10.3. The Balaban J connectivity index is 2.45. The van der Waals surface area contributed by atoms with Gasteiger partial charge in [0.15, 0.2) is 11.5 Å². The molecule has 2 rings (SSSR count). The summed E-state index contributed by atoms with van der Waals surface area (Å²) in [6, 6.07) is 5.61. The molecule has 0 aliphatic rings. The van der Waals surface area contributed by atoms with Crippen LogP contribution in [0.1, 0.15) is 11.5 Å². The number of hydrogen-bond acceptors (Lipinski definition) is 6. The maximum absolute atomic E-state index is 14.6. The molecule has 0 aliphatic heterocycles. The van der Waals surface area contributed by atoms with Crippen molar-refractivity contribution in [3.05, 3.63) is 41.6 Å². The summed E-state index contributed by atoms with van der Waals surface area (Å²) in [7, 11) is 2.24. The number of nitrogens with zero attached hydrogens (tertiary/aromatic N) is 2. The predicted molar refractivity (Wildman–Crippen MR) is 99.1 cm³/mol. The lowest BCUT2D eigenvalue weighted by Gasteiger charge is -2.23. The van der Waals surface area contributed by atoms with Crippen molar-refractivity contribution in [1.29, 1.82) is 0 Å². The Hall–Kier alpha value is -2.10. The first-order chi connectivity index (χ1) is 12.7. The van der Waals surface area contributed by atoms with E-state index in [9.17, 15) is 12.8 Å². The summed E-state index contributed by atoms with van der Waals surface area (Å²) in [6.45, 7) is 2.41. The van der Waals surface area contributed by atoms with Gasteiger partial charge in [-0.2, -0.15) is 4.31 Å². The van der Waals surface area contributed by atoms with Crippen molar-refractivity contribution in [3.8, 4) is 11.5 Å². The zero-order valence-corrected chi connectivity index (χ0v) is 17.0. The van der Waals surface area contributed by atoms with Crippen molar-refractivity contribution in [1.82, 2.24) is 9.21 Å². The molecule has 0 fully saturated rings. The van der Waals surface area contributed by atoms with Crippen molar-refractivity contribution in [2.45, 2.75) is 18.4 Å². The van der Waals surface area contributed by atoms with Gasteiger partial charge in [0.2, 0.25) is 10.0 Å². The molecule has 0 unspecified atom stereocenters. The molecule has 9 heteroatoms. The monoisotopic (exact) mass is 400 g/mol. The summed E-state index contributed by atoms with van der Waals surface area (Å²) in [5, 5.41) is 0. The fourth-order valence-electron chi connectivity index (χ4n) is 2.51. The second kappa shape index (κ2) is 8.73. The molecule has 2 aromatic rings. The molecule has 1 aromatic heterocycles. The first-order valence-corrected chi connectivity index (χ1v) is 9.74. The Kier molecular flexibility index (Phi) is 6.85. The summed E-state index contributed by atoms with van der Waals surface area (Å²) in [6.07, 6.45) is 0. The number of methoxy groups -OCH3 is 2. The highest BCUT2D eigenvalue weighted by atomic mass is 32.2. The number of likely N-dealkylation sites (N-methyl/N-ethyl adjacent to an activating group) is 1. The molecule has 27 heavy (non-hydrogen) atoms. The quantitative estimate of drug-likeness (QED) is 0.644. The fraction of sp³-hybridized carbons (Fsp3) is 0.444. The molecule has 0 radical (unpaired) electrons. The Morgan fingerprint density at radius 3 is 2.22 bits per heavy atom. The smallest absolute Gasteiger partial charge is 0.246 e. The summed E-state index contributed by atoms with van der Waals surface area (Å²) >= 11 is 0. The van der Waals surface area contributed by atoms with E-state index in [0.717, 1.165) is 12.1 Å². The van der Waals surface area contributed by atoms with E-state index in [1.807, 2.05) is 19.0 Å². The highest BCUT2D eigenvalue weighted by Crippen LogP contribution is 2.33. The number of benzene rings is 1. The number of furan rings is 1. The summed E-state index contributed by atoms with van der Waals surface area (Å²) in [4.78, 5) is 1.38. The van der Waals surface area contributed by atoms with Crippen molar-refractivity contribution in [2.24, 2.45) is 0 Å². The van der Waals surface area contributed by atoms with Crippen LogP contribution in [-0.4, -0.2) is 59.0 Å². The van der Waals surface area contributed by atoms with Crippen LogP contribution >= 0.6 is 0 Å². The minimum Gasteiger partial charge on any atom is -0.493 e. The molecule has 0 bridgehead atoms. The normalized spacial score (nSPS) is 12.0. The second-order valence-electron chi connectivity index (χ2n) is 6.29. The van der Waals surface area contributed by atoms with Crippen LogP contribution in [0.25, 0.3) is 0 Å². The first kappa shape index (κ1) is 21.2. The maximum atomic E-state index is 14.6. The van der Waals surface area contributed by atoms with Gasteiger partial charge in [0.1, 0.15) is 22.2 Å². The third kappa shape index (κ3) is 5.00. The zero-order chi connectivity index (χ0) is 20.2. The van der Waals surface area contributed by atoms with Crippen LogP contribution in [0.15, 0.2) is 33.6 Å². The van der Waals surface area contributed by atoms with Gasteiger partial charge in [-0.3, -0.25) is 0 Å². The molecule has 0 spiro atoms. The Morgan fingerprint density at radius 2 is 1.70 bits per heavy atom. The molecule has 0 atom stereocenters. The van der Waals surface area contributed by atoms with Gasteiger partial charge in [-0.15, -0.1) is 0 Å². The zero-order valence-electron chi connectivity index (χ0n) is 16.2. The highest BCUT2D eigenvalue weighted by Gasteiger charge is 2.30. The summed E-state index contributed by atoms with van der Waals surface area (Å²) in [5.74, 6) is 0.510. The molecule has 1 heterocycles. The third-order valence-electron chi connectivity index (χ3n) is 3.98. The number of halogens is 1. The standard InChI is InChI=1S/C18H25FN2O5S/c1-13-6-7-14(26-13)12-21(9-8-20(2)3)27(22,23)18-11-17(25-5)16(24-4)10-15(18)19/h6-7,10-11H,8-9,12H2,1-5H3. The highest BCUT2D eigenvalue weighted by molar-refractivity contribution is 7.89. The van der Waals surface area contributed by atoms with E-state index >= 15 is 0 Å². The number of hydrogen-bond donors (Lipinski definition) is 0. The van der Waals surface area contributed by atoms with Crippen molar-refractivity contribution >= 4 is 10.0 Å². The minimum absolute atomic E-state index is 0.00218. The molecule has 0 aliphatic carbocycles. The minimum atomic E-state index is -4.14. The average Bonchev–Trinajstić information content (AvgIpc) is 3.02. The topological polar surface area (TPSA) is 72.2 Å². The van der Waals surface area contributed by atoms with Gasteiger partial charge >= 0.3 is 0 Å². The third-order valence-corrected chi connectivity index (χ3v) is 5.84. The van der Waals surface area contributed by atoms with Gasteiger partial charge in [-0.05, 0) is 33.2 Å². The summed E-state index contributed by atoms with van der Waals surface area (Å²) < 4.78 is 57.8. The van der Waals surface area contributed by atoms with Crippen molar-refractivity contribution in [2.75, 3.05) is 41.4 Å². The van der Waals surface area contributed by atoms with E-state index < -0.39 is 20.7 Å². The van der Waals surface area contributed by atoms with Crippen LogP contribution in [0.2, 0.25) is 0 Å². The van der Waals surface area contributed by atoms with E-state index in [0.29, 0.717) is 18.1 Å². The van der Waals surface area contributed by atoms with Gasteiger partial charge in [0, 0.05) is 25.2 Å². The number of sulfonamides is 1. The number of ether oxygens (including phenoxy) is 2. The van der Waals surface area contributed by atoms with Gasteiger partial charge in [-0.25, -0.2) is 12.8 Å². The molecule has 0 saturated heterocycles. The average molecular weight is 400 g/mol. The van der Waals surface area contributed by atoms with E-state index in [1.165, 1.54) is 18.5 Å². The van der Waals surface area contributed by atoms with Gasteiger partial charge in [0.25, 0.3) is 0 Å². The Morgan fingerprint density at radius 1 is 1.07 bits per heavy atom. The molecule has 0 amide bonds. The van der Waals surface area contributed by atoms with Crippen LogP contribution in [0, 0.1) is 12.7 Å². The van der Waals surface area contributed by atoms with Crippen molar-refractivity contribution < 1.29 is 26.7 Å². The molecule has 7 nitrogen and oxygen atoms in total. The lowest BCUT2D eigenvalue weighted by molar-refractivity contribution is 0.308. The Bertz CT molecular complexity index is 880. The summed E-state index contributed by atoms with van der Waals surface area (Å²) in [5.41, 5.74) is 0. The van der Waals surface area contributed by atoms with Crippen LogP contribution in [0.3, 0.4) is 0 Å². The number of aryl methyl sites for hydroxylation is 1. The van der Waals surface area contributed by atoms with Crippen LogP contribution in [0.4, 0.5) is 4.39 Å². The van der Waals surface area contributed by atoms with Gasteiger partial charge in [-0.1, -0.05) is 0 Å². The molecule has 1 aromatic carbocycles. The van der Waals surface area contributed by atoms with Crippen molar-refractivity contribution in [3.63, 3.8) is 0 Å². The van der Waals surface area contributed by atoms with E-state index in [1.54, 1.807) is 19.1 Å². The van der Waals surface area contributed by atoms with Crippen LogP contribution in [-0.2, 0) is 16.6 Å².